The van der Waals surface area contributed by atoms with Gasteiger partial charge in [0.25, 0.3) is 17.4 Å². The lowest BCUT2D eigenvalue weighted by Gasteiger charge is -2.26. The van der Waals surface area contributed by atoms with Crippen LogP contribution in [0.15, 0.2) is 54.1 Å². The molecule has 0 saturated carbocycles. The number of amides is 1. The van der Waals surface area contributed by atoms with E-state index in [0.29, 0.717) is 23.3 Å². The molecular formula is C25H29N3O6. The largest absolute Gasteiger partial charge is 0.507 e. The fourth-order valence-corrected chi connectivity index (χ4v) is 4.20. The van der Waals surface area contributed by atoms with Gasteiger partial charge in [-0.1, -0.05) is 38.1 Å². The number of rotatable bonds is 10. The summed E-state index contributed by atoms with van der Waals surface area (Å²) in [5.74, 6) is -1.43. The predicted molar refractivity (Wildman–Crippen MR) is 128 cm³/mol. The van der Waals surface area contributed by atoms with Crippen LogP contribution in [0.5, 0.6) is 5.75 Å². The Morgan fingerprint density at radius 3 is 2.50 bits per heavy atom. The third kappa shape index (κ3) is 5.09. The number of ether oxygens (including phenoxy) is 1. The quantitative estimate of drug-likeness (QED) is 0.186. The molecule has 0 aromatic heterocycles. The van der Waals surface area contributed by atoms with Gasteiger partial charge in [-0.25, -0.2) is 0 Å². The number of non-ortho nitro benzene ring substituents is 1. The summed E-state index contributed by atoms with van der Waals surface area (Å²) >= 11 is 0. The maximum absolute atomic E-state index is 13.1. The highest BCUT2D eigenvalue weighted by molar-refractivity contribution is 6.46. The first-order valence-corrected chi connectivity index (χ1v) is 11.2. The zero-order valence-electron chi connectivity index (χ0n) is 19.6. The highest BCUT2D eigenvalue weighted by Crippen LogP contribution is 2.40. The van der Waals surface area contributed by atoms with Crippen LogP contribution in [0, 0.1) is 10.1 Å². The minimum absolute atomic E-state index is 0.0957. The van der Waals surface area contributed by atoms with Crippen molar-refractivity contribution in [3.05, 3.63) is 75.3 Å². The number of nitrogens with zero attached hydrogens (tertiary/aromatic N) is 3. The van der Waals surface area contributed by atoms with Gasteiger partial charge in [-0.2, -0.15) is 0 Å². The van der Waals surface area contributed by atoms with Crippen LogP contribution in [0.25, 0.3) is 5.76 Å². The minimum Gasteiger partial charge on any atom is -0.507 e. The van der Waals surface area contributed by atoms with Crippen molar-refractivity contribution < 1.29 is 24.4 Å². The minimum atomic E-state index is -0.942. The third-order valence-electron chi connectivity index (χ3n) is 6.05. The van der Waals surface area contributed by atoms with Gasteiger partial charge in [0.1, 0.15) is 11.5 Å². The molecule has 34 heavy (non-hydrogen) atoms. The lowest BCUT2D eigenvalue weighted by atomic mass is 9.95. The summed E-state index contributed by atoms with van der Waals surface area (Å²) in [7, 11) is 1.48. The van der Waals surface area contributed by atoms with E-state index in [1.54, 1.807) is 30.3 Å². The number of nitro groups is 1. The van der Waals surface area contributed by atoms with Crippen molar-refractivity contribution in [3.8, 4) is 5.75 Å². The Balaban J connectivity index is 2.09. The number of likely N-dealkylation sites (tertiary alicyclic amines) is 1. The Morgan fingerprint density at radius 1 is 1.15 bits per heavy atom. The van der Waals surface area contributed by atoms with Gasteiger partial charge in [-0.15, -0.1) is 0 Å². The van der Waals surface area contributed by atoms with Crippen molar-refractivity contribution >= 4 is 23.1 Å². The number of carbonyl (C=O) groups is 2. The van der Waals surface area contributed by atoms with Gasteiger partial charge in [-0.05, 0) is 43.8 Å². The van der Waals surface area contributed by atoms with E-state index in [1.165, 1.54) is 30.2 Å². The molecule has 1 amide bonds. The molecule has 9 heteroatoms. The van der Waals surface area contributed by atoms with Gasteiger partial charge in [0, 0.05) is 24.2 Å². The molecule has 2 aromatic carbocycles. The van der Waals surface area contributed by atoms with Crippen molar-refractivity contribution in [1.82, 2.24) is 9.80 Å². The number of methoxy groups -OCH3 is 1. The number of benzene rings is 2. The molecule has 0 unspecified atom stereocenters. The number of aliphatic hydroxyl groups is 1. The molecule has 1 aliphatic rings. The molecule has 9 nitrogen and oxygen atoms in total. The third-order valence-corrected chi connectivity index (χ3v) is 6.05. The first kappa shape index (κ1) is 24.9. The second kappa shape index (κ2) is 10.9. The molecule has 1 saturated heterocycles. The summed E-state index contributed by atoms with van der Waals surface area (Å²) in [5, 5.41) is 22.5. The standard InChI is InChI=1S/C25H29N3O6/c1-4-26(5-2)13-8-14-27-22(17-9-6-11-19(15-17)28(32)33)21(24(30)25(27)31)23(29)18-10-7-12-20(16-18)34-3/h6-7,9-12,15-16,22,29H,4-5,8,13-14H2,1-3H3/b23-21+/t22-/m0/s1. The summed E-state index contributed by atoms with van der Waals surface area (Å²) in [5.41, 5.74) is 0.450. The van der Waals surface area contributed by atoms with Crippen LogP contribution in [0.4, 0.5) is 5.69 Å². The van der Waals surface area contributed by atoms with Gasteiger partial charge in [0.15, 0.2) is 0 Å². The van der Waals surface area contributed by atoms with E-state index in [2.05, 4.69) is 4.90 Å². The first-order chi connectivity index (χ1) is 16.3. The normalized spacial score (nSPS) is 17.4. The van der Waals surface area contributed by atoms with Crippen molar-refractivity contribution in [2.75, 3.05) is 33.3 Å². The monoisotopic (exact) mass is 467 g/mol. The second-order valence-electron chi connectivity index (χ2n) is 7.96. The molecular weight excluding hydrogens is 438 g/mol. The predicted octanol–water partition coefficient (Wildman–Crippen LogP) is 3.76. The average molecular weight is 468 g/mol. The topological polar surface area (TPSA) is 113 Å². The molecule has 1 atom stereocenters. The summed E-state index contributed by atoms with van der Waals surface area (Å²) in [6.45, 7) is 6.82. The number of Topliss-reactive ketones (excluding diaryl/α,β-unsaturated/α-hetero) is 1. The lowest BCUT2D eigenvalue weighted by Crippen LogP contribution is -2.33. The molecule has 1 aliphatic heterocycles. The van der Waals surface area contributed by atoms with Crippen LogP contribution >= 0.6 is 0 Å². The van der Waals surface area contributed by atoms with E-state index in [0.717, 1.165) is 19.6 Å². The van der Waals surface area contributed by atoms with Crippen LogP contribution in [0.3, 0.4) is 0 Å². The van der Waals surface area contributed by atoms with Crippen LogP contribution in [-0.2, 0) is 9.59 Å². The molecule has 0 bridgehead atoms. The van der Waals surface area contributed by atoms with Crippen molar-refractivity contribution in [2.45, 2.75) is 26.3 Å². The Bertz CT molecular complexity index is 1110. The van der Waals surface area contributed by atoms with Gasteiger partial charge in [-0.3, -0.25) is 19.7 Å². The van der Waals surface area contributed by atoms with Gasteiger partial charge < -0.3 is 19.6 Å². The number of carbonyl (C=O) groups excluding carboxylic acids is 2. The highest BCUT2D eigenvalue weighted by atomic mass is 16.6. The number of ketones is 1. The molecule has 0 radical (unpaired) electrons. The maximum Gasteiger partial charge on any atom is 0.295 e. The van der Waals surface area contributed by atoms with Crippen LogP contribution < -0.4 is 4.74 Å². The lowest BCUT2D eigenvalue weighted by molar-refractivity contribution is -0.384. The number of nitro benzene ring substituents is 1. The van der Waals surface area contributed by atoms with Crippen molar-refractivity contribution in [3.63, 3.8) is 0 Å². The van der Waals surface area contributed by atoms with E-state index in [9.17, 15) is 24.8 Å². The molecule has 1 fully saturated rings. The molecule has 0 spiro atoms. The smallest absolute Gasteiger partial charge is 0.295 e. The van der Waals surface area contributed by atoms with Gasteiger partial charge >= 0.3 is 0 Å². The Morgan fingerprint density at radius 2 is 1.85 bits per heavy atom. The van der Waals surface area contributed by atoms with E-state index in [1.807, 2.05) is 13.8 Å². The van der Waals surface area contributed by atoms with Gasteiger partial charge in [0.05, 0.1) is 23.6 Å². The van der Waals surface area contributed by atoms with Crippen molar-refractivity contribution in [2.24, 2.45) is 0 Å². The zero-order chi connectivity index (χ0) is 24.8. The molecule has 1 heterocycles. The Kier molecular flexibility index (Phi) is 8.01. The Labute approximate surface area is 198 Å². The number of hydrogen-bond acceptors (Lipinski definition) is 7. The summed E-state index contributed by atoms with van der Waals surface area (Å²) in [4.78, 5) is 40.6. The molecule has 180 valence electrons. The molecule has 0 aliphatic carbocycles. The average Bonchev–Trinajstić information content (AvgIpc) is 3.11. The Hall–Kier alpha value is -3.72. The number of hydrogen-bond donors (Lipinski definition) is 1. The zero-order valence-corrected chi connectivity index (χ0v) is 19.6. The molecule has 1 N–H and O–H groups in total. The molecule has 2 aromatic rings. The van der Waals surface area contributed by atoms with E-state index in [-0.39, 0.29) is 23.6 Å². The van der Waals surface area contributed by atoms with Crippen LogP contribution in [0.2, 0.25) is 0 Å². The fourth-order valence-electron chi connectivity index (χ4n) is 4.20. The van der Waals surface area contributed by atoms with E-state index in [4.69, 9.17) is 4.74 Å². The van der Waals surface area contributed by atoms with Crippen LogP contribution in [0.1, 0.15) is 37.4 Å². The van der Waals surface area contributed by atoms with Crippen LogP contribution in [-0.4, -0.2) is 64.8 Å². The van der Waals surface area contributed by atoms with Gasteiger partial charge in [0.2, 0.25) is 0 Å². The molecule has 3 rings (SSSR count). The highest BCUT2D eigenvalue weighted by Gasteiger charge is 2.46. The fraction of sp³-hybridized carbons (Fsp3) is 0.360. The van der Waals surface area contributed by atoms with Crippen molar-refractivity contribution in [1.29, 1.82) is 0 Å². The summed E-state index contributed by atoms with van der Waals surface area (Å²) in [6, 6.07) is 11.4. The van der Waals surface area contributed by atoms with E-state index < -0.39 is 22.7 Å². The van der Waals surface area contributed by atoms with E-state index >= 15 is 0 Å². The summed E-state index contributed by atoms with van der Waals surface area (Å²) < 4.78 is 5.21. The SMILES string of the molecule is CCN(CC)CCCN1C(=O)C(=O)/C(=C(/O)c2cccc(OC)c2)[C@@H]1c1cccc([N+](=O)[O-])c1. The first-order valence-electron chi connectivity index (χ1n) is 11.2. The number of aliphatic hydroxyl groups excluding tert-OH is 1. The maximum atomic E-state index is 13.1. The summed E-state index contributed by atoms with van der Waals surface area (Å²) in [6.07, 6.45) is 0.610. The second-order valence-corrected chi connectivity index (χ2v) is 7.96.